The van der Waals surface area contributed by atoms with Gasteiger partial charge in [-0.15, -0.1) is 0 Å². The summed E-state index contributed by atoms with van der Waals surface area (Å²) < 4.78 is 0. The van der Waals surface area contributed by atoms with Crippen LogP contribution in [-0.4, -0.2) is 0 Å². The summed E-state index contributed by atoms with van der Waals surface area (Å²) in [5.41, 5.74) is 1.03. The summed E-state index contributed by atoms with van der Waals surface area (Å²) in [5.74, 6) is 0. The first-order valence-electron chi connectivity index (χ1n) is 4.03. The van der Waals surface area contributed by atoms with E-state index >= 15 is 0 Å². The Morgan fingerprint density at radius 1 is 1.33 bits per heavy atom. The lowest BCUT2D eigenvalue weighted by Gasteiger charge is -2.03. The number of hydrogen-bond donors (Lipinski definition) is 0. The van der Waals surface area contributed by atoms with Crippen LogP contribution in [-0.2, 0) is 0 Å². The van der Waals surface area contributed by atoms with Crippen molar-refractivity contribution in [3.63, 3.8) is 0 Å². The predicted molar refractivity (Wildman–Crippen MR) is 54.8 cm³/mol. The first-order valence-corrected chi connectivity index (χ1v) is 4.78. The number of rotatable bonds is 3. The third kappa shape index (κ3) is 2.40. The Morgan fingerprint density at radius 2 is 2.08 bits per heavy atom. The van der Waals surface area contributed by atoms with E-state index in [-0.39, 0.29) is 0 Å². The van der Waals surface area contributed by atoms with Gasteiger partial charge in [-0.25, -0.2) is 0 Å². The first kappa shape index (κ1) is 9.88. The van der Waals surface area contributed by atoms with Gasteiger partial charge in [0.05, 0.1) is 10.0 Å². The highest BCUT2D eigenvalue weighted by Crippen LogP contribution is 2.27. The van der Waals surface area contributed by atoms with Crippen molar-refractivity contribution in [2.45, 2.75) is 19.8 Å². The molecule has 2 heteroatoms. The second-order valence-corrected chi connectivity index (χ2v) is 3.42. The molecule has 0 unspecified atom stereocenters. The fourth-order valence-corrected chi connectivity index (χ4v) is 1.36. The highest BCUT2D eigenvalue weighted by molar-refractivity contribution is 6.42. The molecule has 0 nitrogen and oxygen atoms in total. The quantitative estimate of drug-likeness (QED) is 0.683. The second kappa shape index (κ2) is 4.74. The zero-order chi connectivity index (χ0) is 8.97. The van der Waals surface area contributed by atoms with Crippen LogP contribution in [0.5, 0.6) is 0 Å². The van der Waals surface area contributed by atoms with E-state index in [2.05, 4.69) is 13.3 Å². The molecule has 0 fully saturated rings. The van der Waals surface area contributed by atoms with Gasteiger partial charge in [0, 0.05) is 0 Å². The summed E-state index contributed by atoms with van der Waals surface area (Å²) in [6, 6.07) is 5.69. The van der Waals surface area contributed by atoms with Crippen molar-refractivity contribution in [3.05, 3.63) is 40.2 Å². The van der Waals surface area contributed by atoms with E-state index in [1.54, 1.807) is 6.07 Å². The van der Waals surface area contributed by atoms with Gasteiger partial charge in [0.25, 0.3) is 0 Å². The topological polar surface area (TPSA) is 0 Å². The number of unbranched alkanes of at least 4 members (excludes halogenated alkanes) is 1. The van der Waals surface area contributed by atoms with E-state index in [0.29, 0.717) is 10.0 Å². The van der Waals surface area contributed by atoms with Gasteiger partial charge in [-0.1, -0.05) is 48.7 Å². The molecule has 1 rings (SSSR count). The molecule has 0 aromatic heterocycles. The smallest absolute Gasteiger partial charge is 0.0627 e. The molecule has 1 aromatic carbocycles. The average molecular weight is 202 g/mol. The second-order valence-electron chi connectivity index (χ2n) is 2.64. The molecule has 0 spiro atoms. The Kier molecular flexibility index (Phi) is 3.90. The molecular formula is C10H11Cl2. The number of hydrogen-bond acceptors (Lipinski definition) is 0. The Labute approximate surface area is 83.5 Å². The molecule has 0 atom stereocenters. The van der Waals surface area contributed by atoms with Gasteiger partial charge in [-0.05, 0) is 24.5 Å². The lowest BCUT2D eigenvalue weighted by atomic mass is 10.1. The Hall–Kier alpha value is -0.200. The van der Waals surface area contributed by atoms with E-state index < -0.39 is 0 Å². The summed E-state index contributed by atoms with van der Waals surface area (Å²) in [7, 11) is 0. The molecule has 1 radical (unpaired) electrons. The number of benzene rings is 1. The van der Waals surface area contributed by atoms with Crippen molar-refractivity contribution in [1.82, 2.24) is 0 Å². The van der Waals surface area contributed by atoms with E-state index in [1.807, 2.05) is 12.1 Å². The molecule has 0 aliphatic heterocycles. The summed E-state index contributed by atoms with van der Waals surface area (Å²) in [4.78, 5) is 0. The third-order valence-electron chi connectivity index (χ3n) is 1.63. The molecule has 0 aliphatic carbocycles. The van der Waals surface area contributed by atoms with Crippen LogP contribution in [0.2, 0.25) is 10.0 Å². The van der Waals surface area contributed by atoms with Crippen LogP contribution in [0.4, 0.5) is 0 Å². The summed E-state index contributed by atoms with van der Waals surface area (Å²) >= 11 is 11.8. The Morgan fingerprint density at radius 3 is 2.75 bits per heavy atom. The molecule has 0 heterocycles. The minimum Gasteiger partial charge on any atom is -0.0827 e. The third-order valence-corrected chi connectivity index (χ3v) is 2.47. The highest BCUT2D eigenvalue weighted by atomic mass is 35.5. The van der Waals surface area contributed by atoms with Crippen molar-refractivity contribution in [2.75, 3.05) is 0 Å². The SMILES string of the molecule is CCC[CH]c1cccc(Cl)c1Cl. The van der Waals surface area contributed by atoms with Gasteiger partial charge in [0.15, 0.2) is 0 Å². The van der Waals surface area contributed by atoms with Gasteiger partial charge in [0.2, 0.25) is 0 Å². The van der Waals surface area contributed by atoms with Gasteiger partial charge < -0.3 is 0 Å². The average Bonchev–Trinajstić information content (AvgIpc) is 2.08. The molecular weight excluding hydrogens is 191 g/mol. The monoisotopic (exact) mass is 201 g/mol. The van der Waals surface area contributed by atoms with Crippen molar-refractivity contribution in [3.8, 4) is 0 Å². The summed E-state index contributed by atoms with van der Waals surface area (Å²) in [6.45, 7) is 2.13. The molecule has 1 aromatic rings. The highest BCUT2D eigenvalue weighted by Gasteiger charge is 2.02. The fourth-order valence-electron chi connectivity index (χ4n) is 0.978. The van der Waals surface area contributed by atoms with Crippen molar-refractivity contribution >= 4 is 23.2 Å². The van der Waals surface area contributed by atoms with Gasteiger partial charge in [-0.3, -0.25) is 0 Å². The Bertz CT molecular complexity index is 256. The van der Waals surface area contributed by atoms with Crippen LogP contribution in [0.25, 0.3) is 0 Å². The van der Waals surface area contributed by atoms with E-state index in [1.165, 1.54) is 0 Å². The lowest BCUT2D eigenvalue weighted by molar-refractivity contribution is 0.914. The molecule has 65 valence electrons. The molecule has 0 saturated carbocycles. The molecule has 0 N–H and O–H groups in total. The number of halogens is 2. The zero-order valence-electron chi connectivity index (χ0n) is 6.98. The van der Waals surface area contributed by atoms with Crippen LogP contribution in [0, 0.1) is 6.42 Å². The van der Waals surface area contributed by atoms with Gasteiger partial charge in [0.1, 0.15) is 0 Å². The maximum absolute atomic E-state index is 5.97. The normalized spacial score (nSPS) is 10.2. The molecule has 0 bridgehead atoms. The van der Waals surface area contributed by atoms with E-state index in [0.717, 1.165) is 18.4 Å². The fraction of sp³-hybridized carbons (Fsp3) is 0.300. The maximum atomic E-state index is 5.97. The van der Waals surface area contributed by atoms with Crippen molar-refractivity contribution < 1.29 is 0 Å². The molecule has 0 aliphatic rings. The first-order chi connectivity index (χ1) is 5.75. The van der Waals surface area contributed by atoms with Crippen LogP contribution in [0.3, 0.4) is 0 Å². The molecule has 12 heavy (non-hydrogen) atoms. The van der Waals surface area contributed by atoms with Crippen molar-refractivity contribution in [2.24, 2.45) is 0 Å². The van der Waals surface area contributed by atoms with Gasteiger partial charge >= 0.3 is 0 Å². The standard InChI is InChI=1S/C10H11Cl2/c1-2-3-5-8-6-4-7-9(11)10(8)12/h4-7H,2-3H2,1H3. The predicted octanol–water partition coefficient (Wildman–Crippen LogP) is 4.35. The van der Waals surface area contributed by atoms with Gasteiger partial charge in [-0.2, -0.15) is 0 Å². The van der Waals surface area contributed by atoms with Crippen molar-refractivity contribution in [1.29, 1.82) is 0 Å². The van der Waals surface area contributed by atoms with Crippen LogP contribution in [0.15, 0.2) is 18.2 Å². The molecule has 0 amide bonds. The van der Waals surface area contributed by atoms with E-state index in [4.69, 9.17) is 23.2 Å². The zero-order valence-corrected chi connectivity index (χ0v) is 8.49. The minimum atomic E-state index is 0.626. The Balaban J connectivity index is 2.78. The van der Waals surface area contributed by atoms with Crippen LogP contribution >= 0.6 is 23.2 Å². The largest absolute Gasteiger partial charge is 0.0827 e. The van der Waals surface area contributed by atoms with E-state index in [9.17, 15) is 0 Å². The summed E-state index contributed by atoms with van der Waals surface area (Å²) in [6.07, 6.45) is 4.27. The maximum Gasteiger partial charge on any atom is 0.0627 e. The lowest BCUT2D eigenvalue weighted by Crippen LogP contribution is -1.83. The molecule has 0 saturated heterocycles. The van der Waals surface area contributed by atoms with Crippen LogP contribution in [0.1, 0.15) is 25.3 Å². The minimum absolute atomic E-state index is 0.626. The summed E-state index contributed by atoms with van der Waals surface area (Å²) in [5, 5.41) is 1.29. The van der Waals surface area contributed by atoms with Crippen LogP contribution < -0.4 is 0 Å².